The highest BCUT2D eigenvalue weighted by molar-refractivity contribution is 9.10. The summed E-state index contributed by atoms with van der Waals surface area (Å²) in [5, 5.41) is 8.18. The third kappa shape index (κ3) is 3.38. The zero-order valence-electron chi connectivity index (χ0n) is 12.4. The number of aromatic nitrogens is 2. The van der Waals surface area contributed by atoms with Gasteiger partial charge in [0.05, 0.1) is 15.9 Å². The maximum Gasteiger partial charge on any atom is 0.0739 e. The Morgan fingerprint density at radius 3 is 2.84 bits per heavy atom. The highest BCUT2D eigenvalue weighted by Crippen LogP contribution is 2.23. The van der Waals surface area contributed by atoms with Crippen molar-refractivity contribution in [3.8, 4) is 0 Å². The third-order valence-electron chi connectivity index (χ3n) is 3.92. The topological polar surface area (TPSA) is 33.1 Å². The molecule has 19 heavy (non-hydrogen) atoms. The van der Waals surface area contributed by atoms with E-state index in [-0.39, 0.29) is 0 Å². The Labute approximate surface area is 124 Å². The monoisotopic (exact) mass is 328 g/mol. The molecule has 0 bridgehead atoms. The molecule has 5 heteroatoms. The Kier molecular flexibility index (Phi) is 5.03. The molecule has 0 amide bonds. The number of rotatable bonds is 4. The summed E-state index contributed by atoms with van der Waals surface area (Å²) in [7, 11) is 0. The van der Waals surface area contributed by atoms with Gasteiger partial charge in [-0.05, 0) is 35.7 Å². The first-order valence-corrected chi connectivity index (χ1v) is 7.99. The van der Waals surface area contributed by atoms with E-state index in [1.165, 1.54) is 10.2 Å². The van der Waals surface area contributed by atoms with E-state index in [0.717, 1.165) is 38.4 Å². The summed E-state index contributed by atoms with van der Waals surface area (Å²) in [6, 6.07) is 0.603. The van der Waals surface area contributed by atoms with E-state index in [1.807, 2.05) is 0 Å². The molecule has 1 aliphatic heterocycles. The Morgan fingerprint density at radius 1 is 1.47 bits per heavy atom. The molecule has 0 spiro atoms. The Balaban J connectivity index is 2.08. The molecule has 0 saturated carbocycles. The second-order valence-corrected chi connectivity index (χ2v) is 6.49. The van der Waals surface area contributed by atoms with Crippen LogP contribution < -0.4 is 5.32 Å². The lowest BCUT2D eigenvalue weighted by Crippen LogP contribution is -2.52. The lowest BCUT2D eigenvalue weighted by Gasteiger charge is -2.35. The van der Waals surface area contributed by atoms with Gasteiger partial charge >= 0.3 is 0 Å². The zero-order valence-corrected chi connectivity index (χ0v) is 14.0. The van der Waals surface area contributed by atoms with Gasteiger partial charge in [-0.15, -0.1) is 0 Å². The maximum absolute atomic E-state index is 4.58. The van der Waals surface area contributed by atoms with Crippen LogP contribution in [0.5, 0.6) is 0 Å². The van der Waals surface area contributed by atoms with E-state index in [1.54, 1.807) is 0 Å². The summed E-state index contributed by atoms with van der Waals surface area (Å²) in [5.41, 5.74) is 2.40. The molecule has 2 rings (SSSR count). The molecular weight excluding hydrogens is 304 g/mol. The average Bonchev–Trinajstić information content (AvgIpc) is 2.67. The van der Waals surface area contributed by atoms with Gasteiger partial charge in [0, 0.05) is 38.8 Å². The van der Waals surface area contributed by atoms with Gasteiger partial charge < -0.3 is 5.32 Å². The number of hydrogen-bond acceptors (Lipinski definition) is 3. The zero-order chi connectivity index (χ0) is 14.0. The smallest absolute Gasteiger partial charge is 0.0739 e. The quantitative estimate of drug-likeness (QED) is 0.921. The second-order valence-electron chi connectivity index (χ2n) is 5.70. The lowest BCUT2D eigenvalue weighted by molar-refractivity contribution is 0.164. The van der Waals surface area contributed by atoms with Crippen LogP contribution in [0.15, 0.2) is 4.47 Å². The van der Waals surface area contributed by atoms with E-state index in [4.69, 9.17) is 0 Å². The first-order valence-electron chi connectivity index (χ1n) is 7.20. The van der Waals surface area contributed by atoms with Crippen LogP contribution in [0.1, 0.15) is 32.2 Å². The number of piperazine rings is 1. The average molecular weight is 329 g/mol. The van der Waals surface area contributed by atoms with Crippen molar-refractivity contribution in [1.82, 2.24) is 20.0 Å². The summed E-state index contributed by atoms with van der Waals surface area (Å²) >= 11 is 3.69. The summed E-state index contributed by atoms with van der Waals surface area (Å²) in [4.78, 5) is 2.54. The van der Waals surface area contributed by atoms with Crippen LogP contribution >= 0.6 is 15.9 Å². The van der Waals surface area contributed by atoms with Crippen molar-refractivity contribution >= 4 is 15.9 Å². The molecule has 0 aromatic carbocycles. The van der Waals surface area contributed by atoms with E-state index >= 15 is 0 Å². The lowest BCUT2D eigenvalue weighted by atomic mass is 10.0. The molecular formula is C14H25BrN4. The molecule has 1 aromatic heterocycles. The predicted molar refractivity (Wildman–Crippen MR) is 82.2 cm³/mol. The van der Waals surface area contributed by atoms with E-state index in [9.17, 15) is 0 Å². The van der Waals surface area contributed by atoms with Crippen molar-refractivity contribution in [3.63, 3.8) is 0 Å². The molecule has 0 aliphatic carbocycles. The molecule has 1 unspecified atom stereocenters. The first-order chi connectivity index (χ1) is 9.02. The van der Waals surface area contributed by atoms with Crippen molar-refractivity contribution in [2.24, 2.45) is 5.92 Å². The van der Waals surface area contributed by atoms with Gasteiger partial charge in [-0.25, -0.2) is 0 Å². The van der Waals surface area contributed by atoms with Crippen LogP contribution in [0.25, 0.3) is 0 Å². The number of aryl methyl sites for hydroxylation is 2. The van der Waals surface area contributed by atoms with Crippen molar-refractivity contribution in [2.45, 2.75) is 46.8 Å². The summed E-state index contributed by atoms with van der Waals surface area (Å²) < 4.78 is 3.29. The summed E-state index contributed by atoms with van der Waals surface area (Å²) in [6.07, 6.45) is 0. The third-order valence-corrected chi connectivity index (χ3v) is 4.95. The molecule has 1 fully saturated rings. The van der Waals surface area contributed by atoms with Gasteiger partial charge in [-0.2, -0.15) is 5.10 Å². The van der Waals surface area contributed by atoms with Gasteiger partial charge in [0.15, 0.2) is 0 Å². The number of nitrogens with zero attached hydrogens (tertiary/aromatic N) is 3. The van der Waals surface area contributed by atoms with Gasteiger partial charge in [0.1, 0.15) is 0 Å². The van der Waals surface area contributed by atoms with Gasteiger partial charge in [0.2, 0.25) is 0 Å². The normalized spacial score (nSPS) is 21.3. The Bertz CT molecular complexity index is 427. The van der Waals surface area contributed by atoms with Gasteiger partial charge in [-0.3, -0.25) is 9.58 Å². The van der Waals surface area contributed by atoms with E-state index in [0.29, 0.717) is 12.0 Å². The molecule has 1 atom stereocenters. The molecule has 108 valence electrons. The van der Waals surface area contributed by atoms with Crippen molar-refractivity contribution in [2.75, 3.05) is 19.6 Å². The van der Waals surface area contributed by atoms with Crippen LogP contribution in [0.3, 0.4) is 0 Å². The van der Waals surface area contributed by atoms with Gasteiger partial charge in [-0.1, -0.05) is 13.8 Å². The fraction of sp³-hybridized carbons (Fsp3) is 0.786. The SMILES string of the molecule is CCn1nc(C)c(Br)c1CN1CCNC(C(C)C)C1. The second kappa shape index (κ2) is 6.37. The fourth-order valence-electron chi connectivity index (χ4n) is 2.66. The van der Waals surface area contributed by atoms with Crippen molar-refractivity contribution < 1.29 is 0 Å². The van der Waals surface area contributed by atoms with Crippen molar-refractivity contribution in [3.05, 3.63) is 15.9 Å². The van der Waals surface area contributed by atoms with Gasteiger partial charge in [0.25, 0.3) is 0 Å². The standard InChI is InChI=1S/C14H25BrN4/c1-5-19-13(14(15)11(4)17-19)9-18-7-6-16-12(8-18)10(2)3/h10,12,16H,5-9H2,1-4H3. The van der Waals surface area contributed by atoms with Crippen LogP contribution in [-0.2, 0) is 13.1 Å². The fourth-order valence-corrected chi connectivity index (χ4v) is 3.07. The minimum atomic E-state index is 0.603. The molecule has 1 saturated heterocycles. The van der Waals surface area contributed by atoms with Crippen molar-refractivity contribution in [1.29, 1.82) is 0 Å². The number of nitrogens with one attached hydrogen (secondary N) is 1. The molecule has 0 radical (unpaired) electrons. The summed E-state index contributed by atoms with van der Waals surface area (Å²) in [6.45, 7) is 14.0. The minimum absolute atomic E-state index is 0.603. The highest BCUT2D eigenvalue weighted by atomic mass is 79.9. The van der Waals surface area contributed by atoms with Crippen LogP contribution in [0.4, 0.5) is 0 Å². The van der Waals surface area contributed by atoms with Crippen LogP contribution in [0, 0.1) is 12.8 Å². The van der Waals surface area contributed by atoms with E-state index < -0.39 is 0 Å². The molecule has 1 aliphatic rings. The van der Waals surface area contributed by atoms with E-state index in [2.05, 4.69) is 63.6 Å². The van der Waals surface area contributed by atoms with Crippen LogP contribution in [-0.4, -0.2) is 40.4 Å². The minimum Gasteiger partial charge on any atom is -0.311 e. The Morgan fingerprint density at radius 2 is 2.21 bits per heavy atom. The number of hydrogen-bond donors (Lipinski definition) is 1. The predicted octanol–water partition coefficient (Wildman–Crippen LogP) is 2.40. The highest BCUT2D eigenvalue weighted by Gasteiger charge is 2.23. The largest absolute Gasteiger partial charge is 0.311 e. The molecule has 4 nitrogen and oxygen atoms in total. The summed E-state index contributed by atoms with van der Waals surface area (Å²) in [5.74, 6) is 0.684. The molecule has 1 N–H and O–H groups in total. The van der Waals surface area contributed by atoms with Crippen LogP contribution in [0.2, 0.25) is 0 Å². The molecule has 1 aromatic rings. The first kappa shape index (κ1) is 15.0. The number of halogens is 1. The molecule has 2 heterocycles. The Hall–Kier alpha value is -0.390. The maximum atomic E-state index is 4.58.